The van der Waals surface area contributed by atoms with Gasteiger partial charge in [0, 0.05) is 55.5 Å². The molecule has 116 valence electrons. The Hall–Kier alpha value is -1.88. The first-order valence-electron chi connectivity index (χ1n) is 7.66. The lowest BCUT2D eigenvalue weighted by Gasteiger charge is -2.28. The second kappa shape index (κ2) is 6.48. The summed E-state index contributed by atoms with van der Waals surface area (Å²) < 4.78 is 27.0. The quantitative estimate of drug-likeness (QED) is 0.868. The van der Waals surface area contributed by atoms with Crippen molar-refractivity contribution in [2.45, 2.75) is 39.3 Å². The maximum atomic E-state index is 13.8. The average molecular weight is 303 g/mol. The van der Waals surface area contributed by atoms with E-state index >= 15 is 0 Å². The first-order chi connectivity index (χ1) is 10.7. The minimum Gasteiger partial charge on any atom is -0.294 e. The number of hydrogen-bond acceptors (Lipinski definition) is 3. The molecule has 2 aromatic rings. The molecule has 0 radical (unpaired) electrons. The Kier molecular flexibility index (Phi) is 4.43. The van der Waals surface area contributed by atoms with Gasteiger partial charge in [0.2, 0.25) is 0 Å². The zero-order valence-electron chi connectivity index (χ0n) is 12.6. The smallest absolute Gasteiger partial charge is 0.163 e. The Balaban J connectivity index is 1.73. The molecule has 0 fully saturated rings. The molecular weight excluding hydrogens is 284 g/mol. The van der Waals surface area contributed by atoms with Crippen LogP contribution in [0.3, 0.4) is 0 Å². The van der Waals surface area contributed by atoms with Gasteiger partial charge in [-0.1, -0.05) is 19.1 Å². The molecule has 1 aromatic heterocycles. The molecule has 1 aliphatic rings. The zero-order valence-corrected chi connectivity index (χ0v) is 12.6. The van der Waals surface area contributed by atoms with Crippen LogP contribution in [0.5, 0.6) is 0 Å². The van der Waals surface area contributed by atoms with Crippen molar-refractivity contribution in [1.29, 1.82) is 0 Å². The van der Waals surface area contributed by atoms with E-state index in [-0.39, 0.29) is 0 Å². The van der Waals surface area contributed by atoms with Gasteiger partial charge in [0.25, 0.3) is 0 Å². The summed E-state index contributed by atoms with van der Waals surface area (Å²) in [6.07, 6.45) is 4.63. The molecule has 0 unspecified atom stereocenters. The lowest BCUT2D eigenvalue weighted by molar-refractivity contribution is 0.238. The van der Waals surface area contributed by atoms with Gasteiger partial charge in [-0.15, -0.1) is 0 Å². The number of benzene rings is 1. The van der Waals surface area contributed by atoms with Crippen LogP contribution in [0.2, 0.25) is 0 Å². The summed E-state index contributed by atoms with van der Waals surface area (Å²) in [6.45, 7) is 3.99. The van der Waals surface area contributed by atoms with Crippen molar-refractivity contribution < 1.29 is 8.78 Å². The maximum absolute atomic E-state index is 13.8. The highest BCUT2D eigenvalue weighted by molar-refractivity contribution is 5.23. The zero-order chi connectivity index (χ0) is 15.5. The van der Waals surface area contributed by atoms with E-state index in [0.717, 1.165) is 49.0 Å². The Bertz CT molecular complexity index is 673. The predicted molar refractivity (Wildman–Crippen MR) is 80.2 cm³/mol. The summed E-state index contributed by atoms with van der Waals surface area (Å²) in [6, 6.07) is 4.33. The van der Waals surface area contributed by atoms with Crippen LogP contribution in [0.25, 0.3) is 0 Å². The van der Waals surface area contributed by atoms with Crippen LogP contribution in [-0.4, -0.2) is 21.4 Å². The van der Waals surface area contributed by atoms with Crippen molar-refractivity contribution in [3.05, 3.63) is 58.7 Å². The number of hydrogen-bond donors (Lipinski definition) is 0. The Morgan fingerprint density at radius 3 is 2.95 bits per heavy atom. The molecule has 0 bridgehead atoms. The Morgan fingerprint density at radius 1 is 1.27 bits per heavy atom. The van der Waals surface area contributed by atoms with E-state index in [1.165, 1.54) is 0 Å². The van der Waals surface area contributed by atoms with Crippen molar-refractivity contribution in [2.75, 3.05) is 6.54 Å². The number of aromatic nitrogens is 2. The number of nitrogens with zero attached hydrogens (tertiary/aromatic N) is 3. The highest BCUT2D eigenvalue weighted by Gasteiger charge is 2.20. The van der Waals surface area contributed by atoms with Crippen LogP contribution in [-0.2, 0) is 25.9 Å². The third kappa shape index (κ3) is 3.14. The Morgan fingerprint density at radius 2 is 2.14 bits per heavy atom. The summed E-state index contributed by atoms with van der Waals surface area (Å²) in [5.41, 5.74) is 2.57. The van der Waals surface area contributed by atoms with Gasteiger partial charge in [0.1, 0.15) is 5.82 Å². The van der Waals surface area contributed by atoms with E-state index < -0.39 is 11.6 Å². The molecule has 0 aliphatic carbocycles. The second-order valence-electron chi connectivity index (χ2n) is 5.68. The monoisotopic (exact) mass is 303 g/mol. The number of aryl methyl sites for hydroxylation is 1. The number of fused-ring (bicyclic) bond motifs is 1. The molecule has 5 heteroatoms. The van der Waals surface area contributed by atoms with Gasteiger partial charge in [0.15, 0.2) is 11.6 Å². The summed E-state index contributed by atoms with van der Waals surface area (Å²) in [5, 5.41) is 0. The van der Waals surface area contributed by atoms with Gasteiger partial charge in [-0.3, -0.25) is 4.90 Å². The molecule has 3 nitrogen and oxygen atoms in total. The van der Waals surface area contributed by atoms with Gasteiger partial charge in [-0.25, -0.2) is 18.7 Å². The normalized spacial score (nSPS) is 14.9. The largest absolute Gasteiger partial charge is 0.294 e. The van der Waals surface area contributed by atoms with Gasteiger partial charge in [-0.2, -0.15) is 0 Å². The summed E-state index contributed by atoms with van der Waals surface area (Å²) in [7, 11) is 0. The van der Waals surface area contributed by atoms with E-state index in [4.69, 9.17) is 0 Å². The van der Waals surface area contributed by atoms with Crippen molar-refractivity contribution in [1.82, 2.24) is 14.9 Å². The van der Waals surface area contributed by atoms with Crippen LogP contribution in [0.1, 0.15) is 36.0 Å². The molecule has 1 aromatic carbocycles. The van der Waals surface area contributed by atoms with E-state index in [1.807, 2.05) is 6.20 Å². The van der Waals surface area contributed by atoms with Crippen LogP contribution in [0, 0.1) is 11.6 Å². The maximum Gasteiger partial charge on any atom is 0.163 e. The van der Waals surface area contributed by atoms with Crippen molar-refractivity contribution >= 4 is 0 Å². The first kappa shape index (κ1) is 15.0. The second-order valence-corrected chi connectivity index (χ2v) is 5.68. The van der Waals surface area contributed by atoms with Gasteiger partial charge < -0.3 is 0 Å². The average Bonchev–Trinajstić information content (AvgIpc) is 2.52. The molecule has 2 heterocycles. The minimum absolute atomic E-state index is 0.395. The molecule has 22 heavy (non-hydrogen) atoms. The molecule has 0 atom stereocenters. The molecule has 0 amide bonds. The van der Waals surface area contributed by atoms with Crippen molar-refractivity contribution in [3.8, 4) is 0 Å². The highest BCUT2D eigenvalue weighted by atomic mass is 19.2. The predicted octanol–water partition coefficient (Wildman–Crippen LogP) is 3.27. The van der Waals surface area contributed by atoms with Crippen LogP contribution in [0.15, 0.2) is 24.4 Å². The van der Waals surface area contributed by atoms with E-state index in [9.17, 15) is 8.78 Å². The topological polar surface area (TPSA) is 29.0 Å². The molecule has 1 aliphatic heterocycles. The van der Waals surface area contributed by atoms with Crippen molar-refractivity contribution in [2.24, 2.45) is 0 Å². The fourth-order valence-electron chi connectivity index (χ4n) is 2.81. The van der Waals surface area contributed by atoms with Crippen LogP contribution < -0.4 is 0 Å². The molecule has 0 N–H and O–H groups in total. The molecule has 0 saturated carbocycles. The van der Waals surface area contributed by atoms with E-state index in [1.54, 1.807) is 12.1 Å². The highest BCUT2D eigenvalue weighted by Crippen LogP contribution is 2.20. The molecular formula is C17H19F2N3. The Labute approximate surface area is 129 Å². The first-order valence-corrected chi connectivity index (χ1v) is 7.66. The third-order valence-corrected chi connectivity index (χ3v) is 3.96. The lowest BCUT2D eigenvalue weighted by Crippen LogP contribution is -2.31. The van der Waals surface area contributed by atoms with E-state index in [0.29, 0.717) is 18.7 Å². The van der Waals surface area contributed by atoms with Crippen LogP contribution in [0.4, 0.5) is 8.78 Å². The van der Waals surface area contributed by atoms with Gasteiger partial charge in [-0.05, 0) is 12.5 Å². The summed E-state index contributed by atoms with van der Waals surface area (Å²) in [4.78, 5) is 11.1. The van der Waals surface area contributed by atoms with E-state index in [2.05, 4.69) is 21.8 Å². The molecule has 0 spiro atoms. The van der Waals surface area contributed by atoms with Gasteiger partial charge >= 0.3 is 0 Å². The van der Waals surface area contributed by atoms with Crippen molar-refractivity contribution in [3.63, 3.8) is 0 Å². The standard InChI is InChI=1S/C17H19F2N3/c1-2-4-16-20-9-13-11-22(8-7-15(13)21-16)10-12-5-3-6-14(18)17(12)19/h3,5-6,9H,2,4,7-8,10-11H2,1H3. The SMILES string of the molecule is CCCc1ncc2c(n1)CCN(Cc1cccc(F)c1F)C2. The fraction of sp³-hybridized carbons (Fsp3) is 0.412. The molecule has 3 rings (SSSR count). The summed E-state index contributed by atoms with van der Waals surface area (Å²) in [5.74, 6) is -0.642. The van der Waals surface area contributed by atoms with Crippen LogP contribution >= 0.6 is 0 Å². The molecule has 0 saturated heterocycles. The minimum atomic E-state index is -0.789. The summed E-state index contributed by atoms with van der Waals surface area (Å²) >= 11 is 0. The number of rotatable bonds is 4. The number of halogens is 2. The van der Waals surface area contributed by atoms with Gasteiger partial charge in [0.05, 0.1) is 0 Å². The fourth-order valence-corrected chi connectivity index (χ4v) is 2.81. The lowest BCUT2D eigenvalue weighted by atomic mass is 10.1. The third-order valence-electron chi connectivity index (χ3n) is 3.96.